The summed E-state index contributed by atoms with van der Waals surface area (Å²) in [6, 6.07) is 20.2. The van der Waals surface area contributed by atoms with Crippen LogP contribution in [0.3, 0.4) is 0 Å². The second-order valence-corrected chi connectivity index (χ2v) is 7.28. The van der Waals surface area contributed by atoms with Crippen LogP contribution in [0, 0.1) is 18.3 Å². The first-order valence-electron chi connectivity index (χ1n) is 9.50. The van der Waals surface area contributed by atoms with Crippen molar-refractivity contribution in [2.24, 2.45) is 0 Å². The van der Waals surface area contributed by atoms with Gasteiger partial charge in [-0.1, -0.05) is 35.9 Å². The Morgan fingerprint density at radius 2 is 1.97 bits per heavy atom. The van der Waals surface area contributed by atoms with Crippen LogP contribution in [-0.2, 0) is 6.42 Å². The molecule has 0 atom stereocenters. The van der Waals surface area contributed by atoms with Crippen molar-refractivity contribution in [1.82, 2.24) is 10.2 Å². The molecule has 4 rings (SSSR count). The minimum atomic E-state index is -0.368. The van der Waals surface area contributed by atoms with E-state index in [0.717, 1.165) is 16.6 Å². The number of rotatable bonds is 4. The van der Waals surface area contributed by atoms with Gasteiger partial charge >= 0.3 is 0 Å². The largest absolute Gasteiger partial charge is 0.507 e. The summed E-state index contributed by atoms with van der Waals surface area (Å²) in [7, 11) is 1.62. The molecular weight excluding hydrogens is 376 g/mol. The fraction of sp³-hybridized carbons (Fsp3) is 0.125. The van der Waals surface area contributed by atoms with Gasteiger partial charge in [-0.2, -0.15) is 10.4 Å². The van der Waals surface area contributed by atoms with Crippen LogP contribution in [0.15, 0.2) is 60.7 Å². The fourth-order valence-electron chi connectivity index (χ4n) is 3.51. The second kappa shape index (κ2) is 7.72. The number of anilines is 1. The molecule has 148 valence electrons. The van der Waals surface area contributed by atoms with Crippen LogP contribution in [0.2, 0.25) is 0 Å². The third-order valence-electron chi connectivity index (χ3n) is 5.11. The van der Waals surface area contributed by atoms with Crippen molar-refractivity contribution < 1.29 is 9.90 Å². The summed E-state index contributed by atoms with van der Waals surface area (Å²) in [5.74, 6) is -0.503. The maximum atomic E-state index is 13.1. The van der Waals surface area contributed by atoms with E-state index in [1.54, 1.807) is 37.4 Å². The number of hydrogen-bond acceptors (Lipinski definition) is 4. The number of fused-ring (bicyclic) bond motifs is 1. The summed E-state index contributed by atoms with van der Waals surface area (Å²) >= 11 is 0. The summed E-state index contributed by atoms with van der Waals surface area (Å²) in [5, 5.41) is 27.7. The van der Waals surface area contributed by atoms with E-state index in [0.29, 0.717) is 23.2 Å². The lowest BCUT2D eigenvalue weighted by Crippen LogP contribution is -2.26. The van der Waals surface area contributed by atoms with Gasteiger partial charge in [0, 0.05) is 36.3 Å². The second-order valence-electron chi connectivity index (χ2n) is 7.28. The Labute approximate surface area is 174 Å². The summed E-state index contributed by atoms with van der Waals surface area (Å²) < 4.78 is 0. The molecule has 0 saturated heterocycles. The fourth-order valence-corrected chi connectivity index (χ4v) is 3.51. The van der Waals surface area contributed by atoms with E-state index < -0.39 is 0 Å². The number of hydrogen-bond donors (Lipinski definition) is 2. The Bertz CT molecular complexity index is 1300. The first-order valence-corrected chi connectivity index (χ1v) is 9.50. The molecule has 0 fully saturated rings. The van der Waals surface area contributed by atoms with Gasteiger partial charge < -0.3 is 10.0 Å². The number of aromatic hydroxyl groups is 1. The van der Waals surface area contributed by atoms with E-state index in [4.69, 9.17) is 5.26 Å². The van der Waals surface area contributed by atoms with Crippen LogP contribution >= 0.6 is 0 Å². The number of aromatic amines is 1. The lowest BCUT2D eigenvalue weighted by Gasteiger charge is -2.18. The monoisotopic (exact) mass is 396 g/mol. The molecule has 3 aromatic carbocycles. The van der Waals surface area contributed by atoms with Crippen molar-refractivity contribution in [3.8, 4) is 11.8 Å². The Morgan fingerprint density at radius 3 is 2.73 bits per heavy atom. The number of aromatic nitrogens is 2. The van der Waals surface area contributed by atoms with Crippen LogP contribution < -0.4 is 4.90 Å². The molecule has 2 N–H and O–H groups in total. The molecule has 0 aliphatic rings. The van der Waals surface area contributed by atoms with Gasteiger partial charge in [0.15, 0.2) is 0 Å². The Morgan fingerprint density at radius 1 is 1.17 bits per heavy atom. The summed E-state index contributed by atoms with van der Waals surface area (Å²) in [6.45, 7) is 2.04. The summed E-state index contributed by atoms with van der Waals surface area (Å²) in [6.07, 6.45) is 0.636. The molecule has 1 heterocycles. The number of carbonyl (C=O) groups is 1. The first-order chi connectivity index (χ1) is 14.5. The third-order valence-corrected chi connectivity index (χ3v) is 5.11. The molecule has 1 amide bonds. The summed E-state index contributed by atoms with van der Waals surface area (Å²) in [4.78, 5) is 14.5. The van der Waals surface area contributed by atoms with Crippen molar-refractivity contribution in [3.05, 3.63) is 88.6 Å². The first kappa shape index (κ1) is 19.2. The molecule has 0 bridgehead atoms. The number of nitrogens with one attached hydrogen (secondary N) is 1. The minimum Gasteiger partial charge on any atom is -0.507 e. The van der Waals surface area contributed by atoms with Crippen LogP contribution in [0.1, 0.15) is 32.7 Å². The van der Waals surface area contributed by atoms with Crippen molar-refractivity contribution in [2.45, 2.75) is 13.3 Å². The van der Waals surface area contributed by atoms with Gasteiger partial charge in [0.05, 0.1) is 22.7 Å². The zero-order chi connectivity index (χ0) is 21.3. The molecule has 6 heteroatoms. The van der Waals surface area contributed by atoms with E-state index in [1.807, 2.05) is 25.1 Å². The molecular formula is C24H20N4O2. The molecule has 30 heavy (non-hydrogen) atoms. The lowest BCUT2D eigenvalue weighted by atomic mass is 10.0. The molecule has 0 saturated carbocycles. The van der Waals surface area contributed by atoms with Gasteiger partial charge in [0.25, 0.3) is 5.91 Å². The van der Waals surface area contributed by atoms with Crippen LogP contribution in [-0.4, -0.2) is 28.3 Å². The number of phenolic OH excluding ortho intramolecular Hbond substituents is 1. The number of amides is 1. The highest BCUT2D eigenvalue weighted by Crippen LogP contribution is 2.29. The quantitative estimate of drug-likeness (QED) is 0.537. The average Bonchev–Trinajstić information content (AvgIpc) is 3.13. The van der Waals surface area contributed by atoms with Crippen molar-refractivity contribution in [1.29, 1.82) is 5.26 Å². The average molecular weight is 396 g/mol. The molecule has 0 unspecified atom stereocenters. The number of nitriles is 1. The molecule has 1 aromatic heterocycles. The van der Waals surface area contributed by atoms with E-state index in [-0.39, 0.29) is 17.2 Å². The Balaban J connectivity index is 1.71. The van der Waals surface area contributed by atoms with Gasteiger partial charge in [-0.25, -0.2) is 0 Å². The zero-order valence-electron chi connectivity index (χ0n) is 16.7. The normalized spacial score (nSPS) is 10.7. The number of carbonyl (C=O) groups excluding carboxylic acids is 1. The van der Waals surface area contributed by atoms with E-state index >= 15 is 0 Å². The van der Waals surface area contributed by atoms with Gasteiger partial charge in [-0.15, -0.1) is 0 Å². The Kier molecular flexibility index (Phi) is 4.95. The molecule has 0 aliphatic carbocycles. The predicted octanol–water partition coefficient (Wildman–Crippen LogP) is 4.32. The SMILES string of the molecule is Cc1cccc(Cc2[nH]nc3cc(O)c(C(=O)N(C)c4cccc(C#N)c4)cc23)c1. The molecule has 4 aromatic rings. The van der Waals surface area contributed by atoms with Gasteiger partial charge in [0.2, 0.25) is 0 Å². The highest BCUT2D eigenvalue weighted by atomic mass is 16.3. The predicted molar refractivity (Wildman–Crippen MR) is 116 cm³/mol. The molecule has 0 aliphatic heterocycles. The van der Waals surface area contributed by atoms with Crippen molar-refractivity contribution in [3.63, 3.8) is 0 Å². The highest BCUT2D eigenvalue weighted by Gasteiger charge is 2.20. The topological polar surface area (TPSA) is 93.0 Å². The van der Waals surface area contributed by atoms with Crippen LogP contribution in [0.4, 0.5) is 5.69 Å². The maximum absolute atomic E-state index is 13.1. The zero-order valence-corrected chi connectivity index (χ0v) is 16.7. The smallest absolute Gasteiger partial charge is 0.261 e. The lowest BCUT2D eigenvalue weighted by molar-refractivity contribution is 0.0990. The Hall–Kier alpha value is -4.11. The number of nitrogens with zero attached hydrogens (tertiary/aromatic N) is 3. The number of H-pyrrole nitrogens is 1. The van der Waals surface area contributed by atoms with Crippen molar-refractivity contribution >= 4 is 22.5 Å². The third kappa shape index (κ3) is 3.61. The van der Waals surface area contributed by atoms with E-state index in [2.05, 4.69) is 22.3 Å². The highest BCUT2D eigenvalue weighted by molar-refractivity contribution is 6.09. The number of benzene rings is 3. The van der Waals surface area contributed by atoms with Crippen LogP contribution in [0.25, 0.3) is 10.9 Å². The van der Waals surface area contributed by atoms with Crippen LogP contribution in [0.5, 0.6) is 5.75 Å². The van der Waals surface area contributed by atoms with Gasteiger partial charge in [0.1, 0.15) is 5.75 Å². The molecule has 0 radical (unpaired) electrons. The standard InChI is InChI=1S/C24H20N4O2/c1-15-5-3-6-16(9-15)11-21-19-12-20(23(29)13-22(19)27-26-21)24(30)28(2)18-8-4-7-17(10-18)14-25/h3-10,12-13,29H,11H2,1-2H3,(H,26,27). The maximum Gasteiger partial charge on any atom is 0.261 e. The number of aryl methyl sites for hydroxylation is 1. The molecule has 6 nitrogen and oxygen atoms in total. The van der Waals surface area contributed by atoms with Gasteiger partial charge in [-0.3, -0.25) is 9.89 Å². The minimum absolute atomic E-state index is 0.135. The van der Waals surface area contributed by atoms with E-state index in [1.165, 1.54) is 16.5 Å². The summed E-state index contributed by atoms with van der Waals surface area (Å²) in [5.41, 5.74) is 4.99. The number of phenols is 1. The van der Waals surface area contributed by atoms with E-state index in [9.17, 15) is 9.90 Å². The van der Waals surface area contributed by atoms with Gasteiger partial charge in [-0.05, 0) is 36.8 Å². The molecule has 0 spiro atoms. The van der Waals surface area contributed by atoms with Crippen molar-refractivity contribution in [2.75, 3.05) is 11.9 Å².